The fraction of sp³-hybridized carbons (Fsp3) is 0.348. The Bertz CT molecular complexity index is 1010. The van der Waals surface area contributed by atoms with Gasteiger partial charge in [0.2, 0.25) is 11.9 Å². The van der Waals surface area contributed by atoms with Crippen LogP contribution in [0.5, 0.6) is 5.75 Å². The summed E-state index contributed by atoms with van der Waals surface area (Å²) in [6.45, 7) is 4.09. The van der Waals surface area contributed by atoms with Gasteiger partial charge in [0.1, 0.15) is 12.1 Å². The van der Waals surface area contributed by atoms with Crippen molar-refractivity contribution < 1.29 is 9.53 Å². The van der Waals surface area contributed by atoms with Crippen LogP contribution in [0.15, 0.2) is 54.9 Å². The number of carbonyl (C=O) groups is 1. The third-order valence-corrected chi connectivity index (χ3v) is 5.68. The highest BCUT2D eigenvalue weighted by molar-refractivity contribution is 6.30. The van der Waals surface area contributed by atoms with Gasteiger partial charge in [-0.25, -0.2) is 4.68 Å². The first-order valence-corrected chi connectivity index (χ1v) is 10.5. The molecule has 6 nitrogen and oxygen atoms in total. The van der Waals surface area contributed by atoms with E-state index >= 15 is 0 Å². The fourth-order valence-corrected chi connectivity index (χ4v) is 4.12. The van der Waals surface area contributed by atoms with Crippen LogP contribution in [0.25, 0.3) is 0 Å². The lowest BCUT2D eigenvalue weighted by atomic mass is 9.91. The van der Waals surface area contributed by atoms with Crippen molar-refractivity contribution in [3.8, 4) is 5.75 Å². The van der Waals surface area contributed by atoms with E-state index < -0.39 is 0 Å². The van der Waals surface area contributed by atoms with E-state index in [9.17, 15) is 4.79 Å². The molecule has 1 aromatic heterocycles. The third kappa shape index (κ3) is 3.92. The van der Waals surface area contributed by atoms with Gasteiger partial charge in [0.05, 0.1) is 19.2 Å². The summed E-state index contributed by atoms with van der Waals surface area (Å²) >= 11 is 6.12. The number of hydrogen-bond acceptors (Lipinski definition) is 4. The molecule has 1 aliphatic heterocycles. The first-order chi connectivity index (χ1) is 14.5. The fourth-order valence-electron chi connectivity index (χ4n) is 4.00. The topological polar surface area (TPSA) is 60.2 Å². The zero-order valence-electron chi connectivity index (χ0n) is 17.3. The maximum absolute atomic E-state index is 13.2. The van der Waals surface area contributed by atoms with Crippen LogP contribution in [0.2, 0.25) is 5.02 Å². The largest absolute Gasteiger partial charge is 0.497 e. The van der Waals surface area contributed by atoms with E-state index in [0.717, 1.165) is 16.9 Å². The highest BCUT2D eigenvalue weighted by Gasteiger charge is 2.39. The molecule has 7 heteroatoms. The molecule has 0 bridgehead atoms. The van der Waals surface area contributed by atoms with Crippen LogP contribution in [0, 0.1) is 5.92 Å². The molecule has 1 aliphatic rings. The van der Waals surface area contributed by atoms with E-state index in [2.05, 4.69) is 10.1 Å². The Morgan fingerprint density at radius 3 is 2.37 bits per heavy atom. The molecule has 0 aliphatic carbocycles. The maximum Gasteiger partial charge on any atom is 0.231 e. The number of fused-ring (bicyclic) bond motifs is 1. The Balaban J connectivity index is 1.79. The number of ether oxygens (including phenoxy) is 1. The molecule has 0 unspecified atom stereocenters. The van der Waals surface area contributed by atoms with Gasteiger partial charge < -0.3 is 4.74 Å². The van der Waals surface area contributed by atoms with Gasteiger partial charge in [-0.3, -0.25) is 9.69 Å². The van der Waals surface area contributed by atoms with E-state index in [0.29, 0.717) is 23.8 Å². The van der Waals surface area contributed by atoms with Gasteiger partial charge in [0.25, 0.3) is 0 Å². The van der Waals surface area contributed by atoms with Gasteiger partial charge in [-0.2, -0.15) is 10.1 Å². The Morgan fingerprint density at radius 1 is 1.10 bits per heavy atom. The molecule has 0 fully saturated rings. The number of benzene rings is 2. The average molecular weight is 425 g/mol. The van der Waals surface area contributed by atoms with Gasteiger partial charge in [-0.05, 0) is 47.7 Å². The molecule has 1 amide bonds. The number of nitrogens with zero attached hydrogens (tertiary/aromatic N) is 4. The number of rotatable bonds is 5. The summed E-state index contributed by atoms with van der Waals surface area (Å²) in [4.78, 5) is 19.5. The number of anilines is 1. The van der Waals surface area contributed by atoms with Crippen molar-refractivity contribution in [3.63, 3.8) is 0 Å². The number of methoxy groups -OCH3 is 1. The number of carbonyl (C=O) groups excluding carboxylic acids is 1. The molecule has 2 atom stereocenters. The first-order valence-electron chi connectivity index (χ1n) is 10.1. The second kappa shape index (κ2) is 8.48. The zero-order valence-corrected chi connectivity index (χ0v) is 18.1. The quantitative estimate of drug-likeness (QED) is 0.574. The molecule has 30 heavy (non-hydrogen) atoms. The number of halogens is 1. The molecule has 156 valence electrons. The van der Waals surface area contributed by atoms with Gasteiger partial charge in [-0.15, -0.1) is 0 Å². The van der Waals surface area contributed by atoms with Gasteiger partial charge in [0.15, 0.2) is 0 Å². The van der Waals surface area contributed by atoms with Crippen molar-refractivity contribution in [1.82, 2.24) is 14.8 Å². The van der Waals surface area contributed by atoms with Crippen LogP contribution in [0.4, 0.5) is 5.95 Å². The van der Waals surface area contributed by atoms with Gasteiger partial charge in [-0.1, -0.05) is 49.7 Å². The lowest BCUT2D eigenvalue weighted by Gasteiger charge is -2.39. The summed E-state index contributed by atoms with van der Waals surface area (Å²) in [6, 6.07) is 15.5. The molecule has 3 aromatic rings. The summed E-state index contributed by atoms with van der Waals surface area (Å²) in [5, 5.41) is 5.14. The van der Waals surface area contributed by atoms with Crippen LogP contribution in [-0.2, 0) is 4.79 Å². The summed E-state index contributed by atoms with van der Waals surface area (Å²) in [7, 11) is 1.65. The standard InChI is InChI=1S/C23H25ClN4O2/c1-15(2)12-22(29)27-20(16-4-8-18(24)9-5-16)13-21(28-23(27)25-14-26-28)17-6-10-19(30-3)11-7-17/h4-11,14-15,20-21H,12-13H2,1-3H3/t20-,21+/m0/s1. The molecule has 0 saturated heterocycles. The normalized spacial score (nSPS) is 18.4. The summed E-state index contributed by atoms with van der Waals surface area (Å²) in [5.74, 6) is 1.68. The molecule has 2 aromatic carbocycles. The van der Waals surface area contributed by atoms with E-state index in [4.69, 9.17) is 16.3 Å². The lowest BCUT2D eigenvalue weighted by Crippen LogP contribution is -2.43. The van der Waals surface area contributed by atoms with Crippen LogP contribution >= 0.6 is 11.6 Å². The van der Waals surface area contributed by atoms with E-state index in [-0.39, 0.29) is 23.9 Å². The van der Waals surface area contributed by atoms with E-state index in [1.807, 2.05) is 67.1 Å². The van der Waals surface area contributed by atoms with Crippen LogP contribution < -0.4 is 9.64 Å². The average Bonchev–Trinajstić information content (AvgIpc) is 3.22. The van der Waals surface area contributed by atoms with Crippen molar-refractivity contribution in [2.75, 3.05) is 12.0 Å². The molecular weight excluding hydrogens is 400 g/mol. The molecular formula is C23H25ClN4O2. The van der Waals surface area contributed by atoms with Gasteiger partial charge >= 0.3 is 0 Å². The Labute approximate surface area is 181 Å². The molecule has 4 rings (SSSR count). The molecule has 0 spiro atoms. The summed E-state index contributed by atoms with van der Waals surface area (Å²) in [5.41, 5.74) is 2.13. The summed E-state index contributed by atoms with van der Waals surface area (Å²) < 4.78 is 7.15. The minimum absolute atomic E-state index is 0.0443. The predicted octanol–water partition coefficient (Wildman–Crippen LogP) is 5.05. The van der Waals surface area contributed by atoms with Crippen molar-refractivity contribution >= 4 is 23.5 Å². The van der Waals surface area contributed by atoms with Crippen molar-refractivity contribution in [2.45, 2.75) is 38.8 Å². The van der Waals surface area contributed by atoms with E-state index in [1.165, 1.54) is 6.33 Å². The second-order valence-corrected chi connectivity index (χ2v) is 8.39. The smallest absolute Gasteiger partial charge is 0.231 e. The monoisotopic (exact) mass is 424 g/mol. The van der Waals surface area contributed by atoms with Crippen molar-refractivity contribution in [1.29, 1.82) is 0 Å². The third-order valence-electron chi connectivity index (χ3n) is 5.43. The Morgan fingerprint density at radius 2 is 1.73 bits per heavy atom. The number of amides is 1. The highest BCUT2D eigenvalue weighted by atomic mass is 35.5. The molecule has 0 saturated carbocycles. The maximum atomic E-state index is 13.2. The first kappa shape index (κ1) is 20.4. The van der Waals surface area contributed by atoms with Gasteiger partial charge in [0, 0.05) is 11.4 Å². The number of hydrogen-bond donors (Lipinski definition) is 0. The lowest BCUT2D eigenvalue weighted by molar-refractivity contribution is -0.120. The summed E-state index contributed by atoms with van der Waals surface area (Å²) in [6.07, 6.45) is 2.66. The van der Waals surface area contributed by atoms with Crippen LogP contribution in [0.1, 0.15) is 49.9 Å². The Kier molecular flexibility index (Phi) is 5.77. The van der Waals surface area contributed by atoms with Crippen LogP contribution in [0.3, 0.4) is 0 Å². The SMILES string of the molecule is COc1ccc([C@H]2C[C@@H](c3ccc(Cl)cc3)N(C(=O)CC(C)C)c3ncnn32)cc1. The van der Waals surface area contributed by atoms with Crippen molar-refractivity contribution in [3.05, 3.63) is 71.0 Å². The van der Waals surface area contributed by atoms with E-state index in [1.54, 1.807) is 12.0 Å². The van der Waals surface area contributed by atoms with Crippen LogP contribution in [-0.4, -0.2) is 27.8 Å². The Hall–Kier alpha value is -2.86. The minimum Gasteiger partial charge on any atom is -0.497 e. The molecule has 0 N–H and O–H groups in total. The zero-order chi connectivity index (χ0) is 21.3. The molecule has 0 radical (unpaired) electrons. The van der Waals surface area contributed by atoms with Crippen molar-refractivity contribution in [2.24, 2.45) is 5.92 Å². The minimum atomic E-state index is -0.155. The molecule has 2 heterocycles. The highest BCUT2D eigenvalue weighted by Crippen LogP contribution is 2.42. The number of aromatic nitrogens is 3. The second-order valence-electron chi connectivity index (χ2n) is 7.96. The predicted molar refractivity (Wildman–Crippen MR) is 117 cm³/mol.